The Morgan fingerprint density at radius 3 is 2.65 bits per heavy atom. The highest BCUT2D eigenvalue weighted by Crippen LogP contribution is 2.08. The number of nitrogens with zero attached hydrogens (tertiary/aromatic N) is 2. The first kappa shape index (κ1) is 14.8. The van der Waals surface area contributed by atoms with Crippen LogP contribution in [0.25, 0.3) is 5.69 Å². The molecule has 0 fully saturated rings. The van der Waals surface area contributed by atoms with Crippen LogP contribution in [0.5, 0.6) is 0 Å². The molecular formula is C17H16N4O2. The smallest absolute Gasteiger partial charge is 0.260 e. The molecule has 0 spiro atoms. The summed E-state index contributed by atoms with van der Waals surface area (Å²) in [4.78, 5) is 26.4. The average molecular weight is 308 g/mol. The molecule has 0 saturated carbocycles. The molecule has 23 heavy (non-hydrogen) atoms. The molecule has 6 heteroatoms. The first-order valence-corrected chi connectivity index (χ1v) is 7.20. The summed E-state index contributed by atoms with van der Waals surface area (Å²) >= 11 is 0. The van der Waals surface area contributed by atoms with E-state index in [1.54, 1.807) is 23.9 Å². The summed E-state index contributed by atoms with van der Waals surface area (Å²) in [6.45, 7) is 2.12. The summed E-state index contributed by atoms with van der Waals surface area (Å²) < 4.78 is 1.76. The van der Waals surface area contributed by atoms with Gasteiger partial charge < -0.3 is 10.3 Å². The molecule has 0 unspecified atom stereocenters. The van der Waals surface area contributed by atoms with Crippen LogP contribution >= 0.6 is 0 Å². The standard InChI is InChI=1S/C17H16N4O2/c1-12-3-8-15(17(23)20-12)16(22)18-11-13-4-6-14(7-5-13)21-10-2-9-19-21/h2-10H,11H2,1H3,(H,18,22)(H,20,23). The molecule has 0 saturated heterocycles. The first-order chi connectivity index (χ1) is 11.1. The molecule has 1 aromatic carbocycles. The maximum Gasteiger partial charge on any atom is 0.260 e. The Morgan fingerprint density at radius 2 is 2.00 bits per heavy atom. The van der Waals surface area contributed by atoms with Gasteiger partial charge in [-0.05, 0) is 42.8 Å². The van der Waals surface area contributed by atoms with Gasteiger partial charge >= 0.3 is 0 Å². The molecule has 2 N–H and O–H groups in total. The maximum atomic E-state index is 12.1. The number of aromatic nitrogens is 3. The van der Waals surface area contributed by atoms with Crippen LogP contribution in [0, 0.1) is 6.92 Å². The lowest BCUT2D eigenvalue weighted by Gasteiger charge is -2.07. The van der Waals surface area contributed by atoms with E-state index in [-0.39, 0.29) is 17.0 Å². The van der Waals surface area contributed by atoms with Gasteiger partial charge in [0.1, 0.15) is 5.56 Å². The molecule has 3 rings (SSSR count). The van der Waals surface area contributed by atoms with E-state index >= 15 is 0 Å². The van der Waals surface area contributed by atoms with E-state index in [9.17, 15) is 9.59 Å². The number of aromatic amines is 1. The molecular weight excluding hydrogens is 292 g/mol. The fourth-order valence-corrected chi connectivity index (χ4v) is 2.22. The Hall–Kier alpha value is -3.15. The zero-order valence-corrected chi connectivity index (χ0v) is 12.6. The molecule has 0 aliphatic carbocycles. The third-order valence-electron chi connectivity index (χ3n) is 3.46. The van der Waals surface area contributed by atoms with Gasteiger partial charge in [0.15, 0.2) is 0 Å². The van der Waals surface area contributed by atoms with Crippen molar-refractivity contribution in [2.24, 2.45) is 0 Å². The molecule has 0 aliphatic heterocycles. The monoisotopic (exact) mass is 308 g/mol. The zero-order valence-electron chi connectivity index (χ0n) is 12.6. The number of carbonyl (C=O) groups excluding carboxylic acids is 1. The van der Waals surface area contributed by atoms with E-state index in [1.165, 1.54) is 6.07 Å². The summed E-state index contributed by atoms with van der Waals surface area (Å²) in [6.07, 6.45) is 3.58. The molecule has 2 aromatic heterocycles. The minimum absolute atomic E-state index is 0.115. The summed E-state index contributed by atoms with van der Waals surface area (Å²) in [5.41, 5.74) is 2.35. The highest BCUT2D eigenvalue weighted by Gasteiger charge is 2.09. The summed E-state index contributed by atoms with van der Waals surface area (Å²) in [5, 5.41) is 6.90. The molecule has 1 amide bonds. The van der Waals surface area contributed by atoms with Crippen molar-refractivity contribution < 1.29 is 4.79 Å². The number of pyridine rings is 1. The Morgan fingerprint density at radius 1 is 1.22 bits per heavy atom. The van der Waals surface area contributed by atoms with E-state index in [2.05, 4.69) is 15.4 Å². The van der Waals surface area contributed by atoms with Gasteiger partial charge in [0.05, 0.1) is 5.69 Å². The third kappa shape index (κ3) is 3.37. The van der Waals surface area contributed by atoms with Gasteiger partial charge in [-0.2, -0.15) is 5.10 Å². The van der Waals surface area contributed by atoms with Crippen LogP contribution < -0.4 is 10.9 Å². The maximum absolute atomic E-state index is 12.1. The van der Waals surface area contributed by atoms with Crippen LogP contribution in [0.1, 0.15) is 21.6 Å². The number of H-pyrrole nitrogens is 1. The quantitative estimate of drug-likeness (QED) is 0.771. The van der Waals surface area contributed by atoms with Gasteiger partial charge in [0.2, 0.25) is 0 Å². The molecule has 0 radical (unpaired) electrons. The number of hydrogen-bond acceptors (Lipinski definition) is 3. The van der Waals surface area contributed by atoms with Crippen LogP contribution in [0.3, 0.4) is 0 Å². The minimum atomic E-state index is -0.387. The molecule has 0 atom stereocenters. The SMILES string of the molecule is Cc1ccc(C(=O)NCc2ccc(-n3cccn3)cc2)c(=O)[nH]1. The van der Waals surface area contributed by atoms with E-state index in [0.717, 1.165) is 16.9 Å². The fourth-order valence-electron chi connectivity index (χ4n) is 2.22. The molecule has 0 bridgehead atoms. The van der Waals surface area contributed by atoms with E-state index < -0.39 is 0 Å². The molecule has 0 aliphatic rings. The molecule has 2 heterocycles. The summed E-state index contributed by atoms with van der Waals surface area (Å²) in [5.74, 6) is -0.387. The van der Waals surface area contributed by atoms with Gasteiger partial charge in [0.25, 0.3) is 11.5 Å². The van der Waals surface area contributed by atoms with Crippen LogP contribution in [-0.2, 0) is 6.54 Å². The topological polar surface area (TPSA) is 79.8 Å². The number of carbonyl (C=O) groups is 1. The van der Waals surface area contributed by atoms with Gasteiger partial charge in [-0.1, -0.05) is 12.1 Å². The highest BCUT2D eigenvalue weighted by atomic mass is 16.2. The normalized spacial score (nSPS) is 10.5. The van der Waals surface area contributed by atoms with Gasteiger partial charge in [-0.15, -0.1) is 0 Å². The predicted molar refractivity (Wildman–Crippen MR) is 86.5 cm³/mol. The van der Waals surface area contributed by atoms with Crippen LogP contribution in [-0.4, -0.2) is 20.7 Å². The second-order valence-electron chi connectivity index (χ2n) is 5.18. The predicted octanol–water partition coefficient (Wildman–Crippen LogP) is 1.80. The van der Waals surface area contributed by atoms with Crippen molar-refractivity contribution in [3.05, 3.63) is 82.0 Å². The summed E-state index contributed by atoms with van der Waals surface area (Å²) in [6, 6.07) is 12.8. The lowest BCUT2D eigenvalue weighted by atomic mass is 10.2. The van der Waals surface area contributed by atoms with Crippen molar-refractivity contribution in [3.8, 4) is 5.69 Å². The number of aryl methyl sites for hydroxylation is 1. The lowest BCUT2D eigenvalue weighted by Crippen LogP contribution is -2.29. The van der Waals surface area contributed by atoms with Gasteiger partial charge in [-0.3, -0.25) is 9.59 Å². The lowest BCUT2D eigenvalue weighted by molar-refractivity contribution is 0.0949. The number of benzene rings is 1. The number of nitrogens with one attached hydrogen (secondary N) is 2. The van der Waals surface area contributed by atoms with Crippen LogP contribution in [0.15, 0.2) is 59.7 Å². The fraction of sp³-hybridized carbons (Fsp3) is 0.118. The van der Waals surface area contributed by atoms with Crippen molar-refractivity contribution in [2.45, 2.75) is 13.5 Å². The Bertz CT molecular complexity index is 864. The van der Waals surface area contributed by atoms with Crippen LogP contribution in [0.4, 0.5) is 0 Å². The van der Waals surface area contributed by atoms with Crippen molar-refractivity contribution >= 4 is 5.91 Å². The van der Waals surface area contributed by atoms with Gasteiger partial charge in [-0.25, -0.2) is 4.68 Å². The third-order valence-corrected chi connectivity index (χ3v) is 3.46. The van der Waals surface area contributed by atoms with Gasteiger partial charge in [0, 0.05) is 24.6 Å². The largest absolute Gasteiger partial charge is 0.348 e. The molecule has 116 valence electrons. The van der Waals surface area contributed by atoms with Crippen molar-refractivity contribution in [3.63, 3.8) is 0 Å². The Balaban J connectivity index is 1.66. The van der Waals surface area contributed by atoms with Crippen molar-refractivity contribution in [1.82, 2.24) is 20.1 Å². The summed E-state index contributed by atoms with van der Waals surface area (Å²) in [7, 11) is 0. The van der Waals surface area contributed by atoms with E-state index in [4.69, 9.17) is 0 Å². The Kier molecular flexibility index (Phi) is 4.05. The second-order valence-corrected chi connectivity index (χ2v) is 5.18. The van der Waals surface area contributed by atoms with Crippen LogP contribution in [0.2, 0.25) is 0 Å². The van der Waals surface area contributed by atoms with E-state index in [0.29, 0.717) is 6.54 Å². The average Bonchev–Trinajstić information content (AvgIpc) is 3.07. The highest BCUT2D eigenvalue weighted by molar-refractivity contribution is 5.93. The number of rotatable bonds is 4. The number of hydrogen-bond donors (Lipinski definition) is 2. The first-order valence-electron chi connectivity index (χ1n) is 7.20. The molecule has 6 nitrogen and oxygen atoms in total. The number of amides is 1. The second kappa shape index (κ2) is 6.31. The zero-order chi connectivity index (χ0) is 16.2. The molecule has 3 aromatic rings. The Labute approximate surface area is 132 Å². The van der Waals surface area contributed by atoms with Crippen molar-refractivity contribution in [2.75, 3.05) is 0 Å². The minimum Gasteiger partial charge on any atom is -0.348 e. The van der Waals surface area contributed by atoms with Crippen molar-refractivity contribution in [1.29, 1.82) is 0 Å². The van der Waals surface area contributed by atoms with E-state index in [1.807, 2.05) is 36.5 Å².